The van der Waals surface area contributed by atoms with Gasteiger partial charge in [0.25, 0.3) is 0 Å². The van der Waals surface area contributed by atoms with Crippen LogP contribution >= 0.6 is 0 Å². The second-order valence-corrected chi connectivity index (χ2v) is 10.8. The zero-order valence-electron chi connectivity index (χ0n) is 25.1. The van der Waals surface area contributed by atoms with E-state index in [1.165, 1.54) is 25.3 Å². The zero-order valence-corrected chi connectivity index (χ0v) is 25.1. The Bertz CT molecular complexity index is 974. The molecule has 3 atom stereocenters. The number of benzene rings is 2. The first kappa shape index (κ1) is 33.5. The Morgan fingerprint density at radius 3 is 2.03 bits per heavy atom. The molecule has 3 nitrogen and oxygen atoms in total. The molecule has 0 amide bonds. The third-order valence-corrected chi connectivity index (χ3v) is 7.51. The van der Waals surface area contributed by atoms with Crippen LogP contribution < -0.4 is 0 Å². The Morgan fingerprint density at radius 1 is 0.868 bits per heavy atom. The van der Waals surface area contributed by atoms with Gasteiger partial charge < -0.3 is 0 Å². The average molecular weight is 521 g/mol. The summed E-state index contributed by atoms with van der Waals surface area (Å²) in [5, 5.41) is 0. The molecule has 3 rings (SSSR count). The normalized spacial score (nSPS) is 15.7. The van der Waals surface area contributed by atoms with E-state index in [0.29, 0.717) is 12.3 Å². The summed E-state index contributed by atoms with van der Waals surface area (Å²) in [6.07, 6.45) is 8.99. The zero-order chi connectivity index (χ0) is 28.5. The van der Waals surface area contributed by atoms with Crippen molar-refractivity contribution in [1.82, 2.24) is 0 Å². The van der Waals surface area contributed by atoms with Crippen LogP contribution in [0.1, 0.15) is 120 Å². The van der Waals surface area contributed by atoms with Crippen LogP contribution in [0.4, 0.5) is 0 Å². The molecule has 0 heterocycles. The van der Waals surface area contributed by atoms with Crippen molar-refractivity contribution in [3.8, 4) is 0 Å². The van der Waals surface area contributed by atoms with Crippen molar-refractivity contribution in [2.24, 2.45) is 17.8 Å². The number of unbranched alkanes of at least 4 members (excludes halogenated alkanes) is 1. The predicted octanol–water partition coefficient (Wildman–Crippen LogP) is 9.18. The lowest BCUT2D eigenvalue weighted by Gasteiger charge is -2.31. The summed E-state index contributed by atoms with van der Waals surface area (Å²) >= 11 is 0. The number of hydrogen-bond donors (Lipinski definition) is 0. The molecule has 38 heavy (non-hydrogen) atoms. The van der Waals surface area contributed by atoms with Gasteiger partial charge in [0.05, 0.1) is 6.42 Å². The van der Waals surface area contributed by atoms with E-state index in [1.807, 2.05) is 32.0 Å². The molecule has 2 aromatic rings. The molecule has 1 aliphatic rings. The van der Waals surface area contributed by atoms with Crippen molar-refractivity contribution in [3.63, 3.8) is 0 Å². The maximum absolute atomic E-state index is 12.7. The average Bonchev–Trinajstić information content (AvgIpc) is 2.89. The van der Waals surface area contributed by atoms with E-state index in [9.17, 15) is 14.4 Å². The van der Waals surface area contributed by atoms with Crippen LogP contribution in [0.3, 0.4) is 0 Å². The van der Waals surface area contributed by atoms with Gasteiger partial charge in [-0.05, 0) is 68.1 Å². The molecule has 0 bridgehead atoms. The molecule has 0 N–H and O–H groups in total. The molecule has 0 fully saturated rings. The quantitative estimate of drug-likeness (QED) is 0.277. The van der Waals surface area contributed by atoms with Crippen molar-refractivity contribution in [2.45, 2.75) is 113 Å². The van der Waals surface area contributed by atoms with Gasteiger partial charge in [-0.1, -0.05) is 109 Å². The summed E-state index contributed by atoms with van der Waals surface area (Å²) in [5.41, 5.74) is 4.55. The van der Waals surface area contributed by atoms with Gasteiger partial charge in [0, 0.05) is 17.9 Å². The molecule has 2 aromatic carbocycles. The largest absolute Gasteiger partial charge is 0.300 e. The predicted molar refractivity (Wildman–Crippen MR) is 161 cm³/mol. The molecule has 0 saturated carbocycles. The summed E-state index contributed by atoms with van der Waals surface area (Å²) in [5.74, 6) is 0.770. The van der Waals surface area contributed by atoms with Gasteiger partial charge in [0.15, 0.2) is 5.78 Å². The van der Waals surface area contributed by atoms with Crippen LogP contribution in [0, 0.1) is 24.7 Å². The van der Waals surface area contributed by atoms with E-state index in [-0.39, 0.29) is 35.6 Å². The Balaban J connectivity index is 0.000000495. The van der Waals surface area contributed by atoms with Gasteiger partial charge in [-0.2, -0.15) is 0 Å². The topological polar surface area (TPSA) is 51.2 Å². The van der Waals surface area contributed by atoms with E-state index >= 15 is 0 Å². The lowest BCUT2D eigenvalue weighted by atomic mass is 9.72. The molecule has 3 unspecified atom stereocenters. The highest BCUT2D eigenvalue weighted by molar-refractivity contribution is 6.00. The van der Waals surface area contributed by atoms with Crippen molar-refractivity contribution in [1.29, 1.82) is 0 Å². The fourth-order valence-electron chi connectivity index (χ4n) is 5.41. The highest BCUT2D eigenvalue weighted by Gasteiger charge is 2.32. The number of aryl methyl sites for hydroxylation is 2. The molecule has 0 radical (unpaired) electrons. The van der Waals surface area contributed by atoms with Crippen molar-refractivity contribution in [2.75, 3.05) is 0 Å². The standard InChI is InChI=1S/C23H32O3.C8H10.C4H10/c1-5-8-18(20(6-2)21(25)11-16(4)24)12-17-13-19-10-7-9-15(3)23(19)22(26)14-17;1-2-8-6-4-3-5-7-8;1-3-4-2/h7,9-10,17-18,20H,5-6,8,11-14H2,1-4H3;3-7H,2H2,1H3;3-4H2,1-2H3. The molecule has 210 valence electrons. The smallest absolute Gasteiger partial charge is 0.163 e. The molecule has 0 aromatic heterocycles. The summed E-state index contributed by atoms with van der Waals surface area (Å²) < 4.78 is 0. The van der Waals surface area contributed by atoms with Gasteiger partial charge in [0.1, 0.15) is 11.6 Å². The Labute approximate surface area is 232 Å². The molecular weight excluding hydrogens is 468 g/mol. The lowest BCUT2D eigenvalue weighted by Crippen LogP contribution is -2.29. The van der Waals surface area contributed by atoms with Gasteiger partial charge in [-0.15, -0.1) is 0 Å². The summed E-state index contributed by atoms with van der Waals surface area (Å²) in [4.78, 5) is 36.6. The molecule has 0 saturated heterocycles. The minimum Gasteiger partial charge on any atom is -0.300 e. The fourth-order valence-corrected chi connectivity index (χ4v) is 5.41. The van der Waals surface area contributed by atoms with Gasteiger partial charge in [-0.3, -0.25) is 14.4 Å². The first-order valence-corrected chi connectivity index (χ1v) is 14.9. The number of carbonyl (C=O) groups is 3. The monoisotopic (exact) mass is 520 g/mol. The highest BCUT2D eigenvalue weighted by Crippen LogP contribution is 2.36. The number of Topliss-reactive ketones (excluding diaryl/α,β-unsaturated/α-hetero) is 3. The Hall–Kier alpha value is -2.55. The van der Waals surface area contributed by atoms with Crippen LogP contribution in [0.25, 0.3) is 0 Å². The van der Waals surface area contributed by atoms with Gasteiger partial charge in [0.2, 0.25) is 0 Å². The summed E-state index contributed by atoms with van der Waals surface area (Å²) in [6.45, 7) is 14.2. The van der Waals surface area contributed by atoms with Crippen molar-refractivity contribution >= 4 is 17.3 Å². The maximum Gasteiger partial charge on any atom is 0.163 e. The van der Waals surface area contributed by atoms with E-state index in [1.54, 1.807) is 0 Å². The summed E-state index contributed by atoms with van der Waals surface area (Å²) in [7, 11) is 0. The minimum absolute atomic E-state index is 0.0460. The van der Waals surface area contributed by atoms with E-state index in [2.05, 4.69) is 58.0 Å². The lowest BCUT2D eigenvalue weighted by molar-refractivity contribution is -0.129. The Morgan fingerprint density at radius 2 is 1.53 bits per heavy atom. The molecule has 0 spiro atoms. The maximum atomic E-state index is 12.7. The third-order valence-electron chi connectivity index (χ3n) is 7.51. The number of fused-ring (bicyclic) bond motifs is 1. The van der Waals surface area contributed by atoms with Crippen LogP contribution in [0.5, 0.6) is 0 Å². The number of rotatable bonds is 11. The van der Waals surface area contributed by atoms with Crippen LogP contribution in [0.2, 0.25) is 0 Å². The second kappa shape index (κ2) is 18.7. The SMILES string of the molecule is CCCC.CCCC(CC1CC(=O)c2c(C)cccc2C1)C(CC)C(=O)CC(C)=O.CCc1ccccc1. The number of carbonyl (C=O) groups excluding carboxylic acids is 3. The fraction of sp³-hybridized carbons (Fsp3) is 0.571. The van der Waals surface area contributed by atoms with E-state index in [0.717, 1.165) is 55.2 Å². The molecular formula is C35H52O3. The molecule has 1 aliphatic carbocycles. The van der Waals surface area contributed by atoms with Gasteiger partial charge >= 0.3 is 0 Å². The second-order valence-electron chi connectivity index (χ2n) is 10.8. The van der Waals surface area contributed by atoms with E-state index in [4.69, 9.17) is 0 Å². The third kappa shape index (κ3) is 11.5. The number of hydrogen-bond acceptors (Lipinski definition) is 3. The van der Waals surface area contributed by atoms with Crippen molar-refractivity contribution < 1.29 is 14.4 Å². The van der Waals surface area contributed by atoms with Crippen LogP contribution in [-0.4, -0.2) is 17.3 Å². The summed E-state index contributed by atoms with van der Waals surface area (Å²) in [6, 6.07) is 16.6. The first-order valence-electron chi connectivity index (χ1n) is 14.9. The highest BCUT2D eigenvalue weighted by atomic mass is 16.1. The van der Waals surface area contributed by atoms with E-state index < -0.39 is 0 Å². The number of ketones is 3. The van der Waals surface area contributed by atoms with Crippen LogP contribution in [-0.2, 0) is 22.4 Å². The minimum atomic E-state index is -0.0622. The molecule has 0 aliphatic heterocycles. The molecule has 3 heteroatoms. The van der Waals surface area contributed by atoms with Gasteiger partial charge in [-0.25, -0.2) is 0 Å². The Kier molecular flexibility index (Phi) is 16.4. The van der Waals surface area contributed by atoms with Crippen molar-refractivity contribution in [3.05, 3.63) is 70.8 Å². The first-order chi connectivity index (χ1) is 18.2. The van der Waals surface area contributed by atoms with Crippen LogP contribution in [0.15, 0.2) is 48.5 Å².